The van der Waals surface area contributed by atoms with E-state index in [-0.39, 0.29) is 5.48 Å². The molecule has 1 heteroatoms. The monoisotopic (exact) mass is 188 g/mol. The van der Waals surface area contributed by atoms with Crippen LogP contribution in [0.15, 0.2) is 0 Å². The molecular formula is C12H28O. The van der Waals surface area contributed by atoms with Crippen LogP contribution < -0.4 is 0 Å². The first-order chi connectivity index (χ1) is 5.74. The normalized spacial score (nSPS) is 32.5. The number of rotatable bonds is 1. The summed E-state index contributed by atoms with van der Waals surface area (Å²) < 4.78 is 0. The fourth-order valence-corrected chi connectivity index (χ4v) is 2.22. The summed E-state index contributed by atoms with van der Waals surface area (Å²) in [5.41, 5.74) is 0. The van der Waals surface area contributed by atoms with Gasteiger partial charge in [0.15, 0.2) is 0 Å². The molecule has 0 spiro atoms. The first-order valence-corrected chi connectivity index (χ1v) is 5.74. The number of hydrogen-bond acceptors (Lipinski definition) is 0. The minimum atomic E-state index is 0. The van der Waals surface area contributed by atoms with E-state index in [9.17, 15) is 0 Å². The van der Waals surface area contributed by atoms with Crippen molar-refractivity contribution in [2.75, 3.05) is 0 Å². The minimum Gasteiger partial charge on any atom is -0.412 e. The summed E-state index contributed by atoms with van der Waals surface area (Å²) in [5, 5.41) is 0. The van der Waals surface area contributed by atoms with E-state index in [1.165, 1.54) is 25.7 Å². The fourth-order valence-electron chi connectivity index (χ4n) is 2.22. The van der Waals surface area contributed by atoms with Crippen molar-refractivity contribution in [3.05, 3.63) is 0 Å². The molecule has 1 aliphatic rings. The van der Waals surface area contributed by atoms with E-state index in [1.54, 1.807) is 0 Å². The smallest absolute Gasteiger partial charge is 0.0389 e. The zero-order chi connectivity index (χ0) is 9.56. The summed E-state index contributed by atoms with van der Waals surface area (Å²) >= 11 is 0. The predicted octanol–water partition coefficient (Wildman–Crippen LogP) is 3.67. The molecule has 1 fully saturated rings. The molecule has 0 radical (unpaired) electrons. The molecule has 1 aliphatic carbocycles. The van der Waals surface area contributed by atoms with Gasteiger partial charge in [0.05, 0.1) is 0 Å². The van der Waals surface area contributed by atoms with Crippen LogP contribution >= 0.6 is 0 Å². The summed E-state index contributed by atoms with van der Waals surface area (Å²) in [5.74, 6) is 3.03. The summed E-state index contributed by atoms with van der Waals surface area (Å²) in [6.45, 7) is 11.1. The van der Waals surface area contributed by atoms with Crippen LogP contribution in [0.5, 0.6) is 0 Å². The molecule has 0 heterocycles. The number of hydrogen-bond donors (Lipinski definition) is 0. The zero-order valence-electron chi connectivity index (χ0n) is 10.1. The Bertz CT molecular complexity index is 101. The maximum atomic E-state index is 2.42. The van der Waals surface area contributed by atoms with Crippen molar-refractivity contribution in [1.29, 1.82) is 0 Å². The second-order valence-electron chi connectivity index (χ2n) is 4.06. The molecule has 1 saturated carbocycles. The van der Waals surface area contributed by atoms with Gasteiger partial charge in [0, 0.05) is 0 Å². The van der Waals surface area contributed by atoms with Crippen molar-refractivity contribution < 1.29 is 5.48 Å². The first-order valence-electron chi connectivity index (χ1n) is 5.74. The van der Waals surface area contributed by atoms with Gasteiger partial charge in [-0.1, -0.05) is 53.9 Å². The van der Waals surface area contributed by atoms with Crippen LogP contribution in [0.25, 0.3) is 0 Å². The molecule has 1 nitrogen and oxygen atoms in total. The molecule has 0 aromatic carbocycles. The van der Waals surface area contributed by atoms with Gasteiger partial charge >= 0.3 is 0 Å². The van der Waals surface area contributed by atoms with Gasteiger partial charge in [0.2, 0.25) is 0 Å². The van der Waals surface area contributed by atoms with Gasteiger partial charge in [-0.2, -0.15) is 0 Å². The Morgan fingerprint density at radius 1 is 1.08 bits per heavy atom. The first kappa shape index (κ1) is 15.4. The van der Waals surface area contributed by atoms with Gasteiger partial charge in [-0.15, -0.1) is 0 Å². The summed E-state index contributed by atoms with van der Waals surface area (Å²) in [6, 6.07) is 0. The van der Waals surface area contributed by atoms with E-state index in [0.29, 0.717) is 0 Å². The Balaban J connectivity index is 0. The van der Waals surface area contributed by atoms with E-state index in [4.69, 9.17) is 0 Å². The Labute approximate surface area is 84.2 Å². The minimum absolute atomic E-state index is 0. The van der Waals surface area contributed by atoms with Gasteiger partial charge < -0.3 is 5.48 Å². The molecular weight excluding hydrogens is 160 g/mol. The molecule has 0 bridgehead atoms. The maximum Gasteiger partial charge on any atom is -0.0389 e. The second kappa shape index (κ2) is 8.55. The Hall–Kier alpha value is -0.0400. The van der Waals surface area contributed by atoms with Crippen LogP contribution in [0.2, 0.25) is 0 Å². The molecule has 82 valence electrons. The average molecular weight is 188 g/mol. The van der Waals surface area contributed by atoms with E-state index in [0.717, 1.165) is 17.8 Å². The van der Waals surface area contributed by atoms with Gasteiger partial charge in [0.25, 0.3) is 0 Å². The fraction of sp³-hybridized carbons (Fsp3) is 1.00. The Morgan fingerprint density at radius 3 is 2.00 bits per heavy atom. The van der Waals surface area contributed by atoms with Crippen LogP contribution in [0, 0.1) is 17.8 Å². The van der Waals surface area contributed by atoms with Gasteiger partial charge in [0.1, 0.15) is 0 Å². The third kappa shape index (κ3) is 5.30. The molecule has 1 rings (SSSR count). The molecule has 13 heavy (non-hydrogen) atoms. The average Bonchev–Trinajstić information content (AvgIpc) is 2.13. The quantitative estimate of drug-likeness (QED) is 0.601. The van der Waals surface area contributed by atoms with Crippen LogP contribution in [0.1, 0.15) is 60.3 Å². The highest BCUT2D eigenvalue weighted by Crippen LogP contribution is 2.34. The Morgan fingerprint density at radius 2 is 1.62 bits per heavy atom. The van der Waals surface area contributed by atoms with Crippen LogP contribution in [-0.4, -0.2) is 5.48 Å². The van der Waals surface area contributed by atoms with Crippen LogP contribution in [-0.2, 0) is 0 Å². The van der Waals surface area contributed by atoms with E-state index in [2.05, 4.69) is 20.8 Å². The second-order valence-corrected chi connectivity index (χ2v) is 4.06. The van der Waals surface area contributed by atoms with Crippen molar-refractivity contribution in [2.24, 2.45) is 17.8 Å². The van der Waals surface area contributed by atoms with Gasteiger partial charge in [-0.3, -0.25) is 0 Å². The lowest BCUT2D eigenvalue weighted by atomic mass is 9.74. The summed E-state index contributed by atoms with van der Waals surface area (Å²) in [4.78, 5) is 0. The van der Waals surface area contributed by atoms with Crippen LogP contribution in [0.4, 0.5) is 0 Å². The van der Waals surface area contributed by atoms with Crippen molar-refractivity contribution in [3.8, 4) is 0 Å². The van der Waals surface area contributed by atoms with E-state index in [1.807, 2.05) is 13.8 Å². The van der Waals surface area contributed by atoms with Crippen molar-refractivity contribution in [1.82, 2.24) is 0 Å². The lowest BCUT2D eigenvalue weighted by Gasteiger charge is -2.31. The lowest BCUT2D eigenvalue weighted by Crippen LogP contribution is -2.20. The molecule has 2 N–H and O–H groups in total. The highest BCUT2D eigenvalue weighted by Gasteiger charge is 2.23. The largest absolute Gasteiger partial charge is 0.412 e. The lowest BCUT2D eigenvalue weighted by molar-refractivity contribution is 0.198. The van der Waals surface area contributed by atoms with Gasteiger partial charge in [-0.05, 0) is 24.2 Å². The van der Waals surface area contributed by atoms with Gasteiger partial charge in [-0.25, -0.2) is 0 Å². The van der Waals surface area contributed by atoms with E-state index >= 15 is 0 Å². The van der Waals surface area contributed by atoms with Crippen molar-refractivity contribution in [3.63, 3.8) is 0 Å². The summed E-state index contributed by atoms with van der Waals surface area (Å²) in [7, 11) is 0. The van der Waals surface area contributed by atoms with Crippen molar-refractivity contribution >= 4 is 0 Å². The zero-order valence-corrected chi connectivity index (χ0v) is 10.1. The topological polar surface area (TPSA) is 31.5 Å². The molecule has 3 unspecified atom stereocenters. The molecule has 0 aromatic rings. The summed E-state index contributed by atoms with van der Waals surface area (Å²) in [6.07, 6.45) is 5.82. The standard InChI is InChI=1S/C10H20.C2H6.H2O/c1-4-10-7-8(2)5-6-9(10)3;1-2;/h8-10H,4-7H2,1-3H3;1-2H3;1H2. The predicted molar refractivity (Wildman–Crippen MR) is 60.9 cm³/mol. The molecule has 0 saturated heterocycles. The highest BCUT2D eigenvalue weighted by atomic mass is 16.0. The molecule has 0 aliphatic heterocycles. The highest BCUT2D eigenvalue weighted by molar-refractivity contribution is 4.74. The molecule has 3 atom stereocenters. The third-order valence-corrected chi connectivity index (χ3v) is 3.15. The maximum absolute atomic E-state index is 2.42. The third-order valence-electron chi connectivity index (χ3n) is 3.15. The SMILES string of the molecule is CC.CCC1CC(C)CCC1C.O. The molecule has 0 amide bonds. The van der Waals surface area contributed by atoms with Crippen molar-refractivity contribution in [2.45, 2.75) is 60.3 Å². The molecule has 0 aromatic heterocycles. The van der Waals surface area contributed by atoms with Crippen LogP contribution in [0.3, 0.4) is 0 Å². The Kier molecular flexibility index (Phi) is 10.2. The van der Waals surface area contributed by atoms with E-state index < -0.39 is 0 Å².